The third-order valence-electron chi connectivity index (χ3n) is 2.54. The summed E-state index contributed by atoms with van der Waals surface area (Å²) in [5.74, 6) is -0.451. The van der Waals surface area contributed by atoms with Gasteiger partial charge in [0.05, 0.1) is 0 Å². The Morgan fingerprint density at radius 3 is 2.73 bits per heavy atom. The molecule has 15 heavy (non-hydrogen) atoms. The molecule has 5 heteroatoms. The van der Waals surface area contributed by atoms with Gasteiger partial charge in [0.25, 0.3) is 0 Å². The molecule has 0 amide bonds. The molecule has 0 radical (unpaired) electrons. The van der Waals surface area contributed by atoms with Crippen molar-refractivity contribution in [3.8, 4) is 0 Å². The maximum absolute atomic E-state index is 12.9. The first-order chi connectivity index (χ1) is 7.16. The summed E-state index contributed by atoms with van der Waals surface area (Å²) in [5.41, 5.74) is 0.974. The van der Waals surface area contributed by atoms with Crippen LogP contribution in [0, 0.1) is 5.82 Å². The minimum Gasteiger partial charge on any atom is -0.423 e. The van der Waals surface area contributed by atoms with Crippen LogP contribution in [0.15, 0.2) is 18.2 Å². The quantitative estimate of drug-likeness (QED) is 0.599. The van der Waals surface area contributed by atoms with Crippen molar-refractivity contribution in [2.24, 2.45) is 0 Å². The standard InChI is InChI=1S/C10H13BFNO2/c12-8-2-1-7(6-13-9-3-4-9)10(5-8)11(14)15/h1-2,5,9,13-15H,3-4,6H2. The first-order valence-corrected chi connectivity index (χ1v) is 5.04. The van der Waals surface area contributed by atoms with E-state index in [0.717, 1.165) is 24.5 Å². The minimum atomic E-state index is -1.61. The van der Waals surface area contributed by atoms with Gasteiger partial charge in [-0.3, -0.25) is 0 Å². The first-order valence-electron chi connectivity index (χ1n) is 5.04. The molecule has 1 aliphatic rings. The summed E-state index contributed by atoms with van der Waals surface area (Å²) in [6.45, 7) is 0.553. The number of nitrogens with one attached hydrogen (secondary N) is 1. The fourth-order valence-electron chi connectivity index (χ4n) is 1.51. The topological polar surface area (TPSA) is 52.5 Å². The number of hydrogen-bond acceptors (Lipinski definition) is 3. The van der Waals surface area contributed by atoms with Crippen molar-refractivity contribution in [1.82, 2.24) is 5.32 Å². The van der Waals surface area contributed by atoms with Crippen LogP contribution in [0.25, 0.3) is 0 Å². The molecule has 0 atom stereocenters. The third kappa shape index (κ3) is 2.78. The Morgan fingerprint density at radius 2 is 2.13 bits per heavy atom. The summed E-state index contributed by atoms with van der Waals surface area (Å²) in [5, 5.41) is 21.4. The second kappa shape index (κ2) is 4.30. The van der Waals surface area contributed by atoms with Crippen LogP contribution in [-0.2, 0) is 6.54 Å². The molecule has 1 fully saturated rings. The fraction of sp³-hybridized carbons (Fsp3) is 0.400. The van der Waals surface area contributed by atoms with Crippen molar-refractivity contribution in [2.45, 2.75) is 25.4 Å². The van der Waals surface area contributed by atoms with Crippen LogP contribution in [0.3, 0.4) is 0 Å². The van der Waals surface area contributed by atoms with Gasteiger partial charge in [-0.05, 0) is 36.0 Å². The molecule has 0 aromatic heterocycles. The molecule has 0 heterocycles. The van der Waals surface area contributed by atoms with Gasteiger partial charge < -0.3 is 15.4 Å². The van der Waals surface area contributed by atoms with Gasteiger partial charge in [0.1, 0.15) is 5.82 Å². The van der Waals surface area contributed by atoms with Gasteiger partial charge in [-0.2, -0.15) is 0 Å². The molecule has 1 aromatic rings. The molecule has 1 aliphatic carbocycles. The maximum atomic E-state index is 12.9. The molecule has 1 aromatic carbocycles. The van der Waals surface area contributed by atoms with E-state index in [1.165, 1.54) is 6.07 Å². The van der Waals surface area contributed by atoms with E-state index in [4.69, 9.17) is 10.0 Å². The van der Waals surface area contributed by atoms with E-state index in [-0.39, 0.29) is 5.46 Å². The van der Waals surface area contributed by atoms with Crippen molar-refractivity contribution in [3.63, 3.8) is 0 Å². The van der Waals surface area contributed by atoms with E-state index in [1.807, 2.05) is 0 Å². The lowest BCUT2D eigenvalue weighted by molar-refractivity contribution is 0.424. The van der Waals surface area contributed by atoms with Gasteiger partial charge in [0.15, 0.2) is 0 Å². The summed E-state index contributed by atoms with van der Waals surface area (Å²) in [6.07, 6.45) is 2.33. The highest BCUT2D eigenvalue weighted by atomic mass is 19.1. The highest BCUT2D eigenvalue weighted by molar-refractivity contribution is 6.59. The van der Waals surface area contributed by atoms with Crippen LogP contribution < -0.4 is 10.8 Å². The lowest BCUT2D eigenvalue weighted by Gasteiger charge is -2.09. The lowest BCUT2D eigenvalue weighted by atomic mass is 9.77. The van der Waals surface area contributed by atoms with Crippen molar-refractivity contribution >= 4 is 12.6 Å². The molecule has 2 rings (SSSR count). The Labute approximate surface area is 88.1 Å². The van der Waals surface area contributed by atoms with E-state index in [2.05, 4.69) is 5.32 Å². The molecule has 0 bridgehead atoms. The average Bonchev–Trinajstić information content (AvgIpc) is 2.99. The van der Waals surface area contributed by atoms with Crippen LogP contribution in [-0.4, -0.2) is 23.2 Å². The normalized spacial score (nSPS) is 15.4. The first kappa shape index (κ1) is 10.6. The summed E-state index contributed by atoms with van der Waals surface area (Å²) >= 11 is 0. The molecule has 0 unspecified atom stereocenters. The number of halogens is 1. The molecular weight excluding hydrogens is 196 g/mol. The zero-order valence-electron chi connectivity index (χ0n) is 8.28. The van der Waals surface area contributed by atoms with Crippen molar-refractivity contribution < 1.29 is 14.4 Å². The highest BCUT2D eigenvalue weighted by Gasteiger charge is 2.22. The fourth-order valence-corrected chi connectivity index (χ4v) is 1.51. The molecular formula is C10H13BFNO2. The predicted octanol–water partition coefficient (Wildman–Crippen LogP) is -0.243. The highest BCUT2D eigenvalue weighted by Crippen LogP contribution is 2.19. The number of hydrogen-bond donors (Lipinski definition) is 3. The molecule has 1 saturated carbocycles. The van der Waals surface area contributed by atoms with Gasteiger partial charge in [-0.1, -0.05) is 6.07 Å². The summed E-state index contributed by atoms with van der Waals surface area (Å²) in [6, 6.07) is 4.61. The monoisotopic (exact) mass is 209 g/mol. The minimum absolute atomic E-state index is 0.239. The van der Waals surface area contributed by atoms with E-state index >= 15 is 0 Å². The molecule has 3 nitrogen and oxygen atoms in total. The number of benzene rings is 1. The Morgan fingerprint density at radius 1 is 1.40 bits per heavy atom. The second-order valence-corrected chi connectivity index (χ2v) is 3.87. The van der Waals surface area contributed by atoms with Crippen LogP contribution >= 0.6 is 0 Å². The SMILES string of the molecule is OB(O)c1cc(F)ccc1CNC1CC1. The van der Waals surface area contributed by atoms with Gasteiger partial charge in [-0.25, -0.2) is 4.39 Å². The zero-order chi connectivity index (χ0) is 10.8. The van der Waals surface area contributed by atoms with Crippen LogP contribution in [0.5, 0.6) is 0 Å². The van der Waals surface area contributed by atoms with E-state index in [1.54, 1.807) is 6.07 Å². The Balaban J connectivity index is 2.12. The van der Waals surface area contributed by atoms with Gasteiger partial charge >= 0.3 is 7.12 Å². The van der Waals surface area contributed by atoms with Crippen molar-refractivity contribution in [2.75, 3.05) is 0 Å². The van der Waals surface area contributed by atoms with Gasteiger partial charge in [0, 0.05) is 12.6 Å². The summed E-state index contributed by atoms with van der Waals surface area (Å²) in [7, 11) is -1.61. The largest absolute Gasteiger partial charge is 0.488 e. The van der Waals surface area contributed by atoms with Crippen molar-refractivity contribution in [1.29, 1.82) is 0 Å². The van der Waals surface area contributed by atoms with Gasteiger partial charge in [-0.15, -0.1) is 0 Å². The molecule has 80 valence electrons. The molecule has 0 saturated heterocycles. The number of rotatable bonds is 4. The van der Waals surface area contributed by atoms with E-state index in [9.17, 15) is 4.39 Å². The van der Waals surface area contributed by atoms with Crippen LogP contribution in [0.2, 0.25) is 0 Å². The van der Waals surface area contributed by atoms with E-state index < -0.39 is 12.9 Å². The Kier molecular flexibility index (Phi) is 3.04. The summed E-state index contributed by atoms with van der Waals surface area (Å²) < 4.78 is 12.9. The van der Waals surface area contributed by atoms with Crippen molar-refractivity contribution in [3.05, 3.63) is 29.6 Å². The maximum Gasteiger partial charge on any atom is 0.488 e. The van der Waals surface area contributed by atoms with Gasteiger partial charge in [0.2, 0.25) is 0 Å². The lowest BCUT2D eigenvalue weighted by Crippen LogP contribution is -2.35. The smallest absolute Gasteiger partial charge is 0.423 e. The van der Waals surface area contributed by atoms with Crippen LogP contribution in [0.4, 0.5) is 4.39 Å². The van der Waals surface area contributed by atoms with E-state index in [0.29, 0.717) is 12.6 Å². The van der Waals surface area contributed by atoms with Crippen LogP contribution in [0.1, 0.15) is 18.4 Å². The molecule has 3 N–H and O–H groups in total. The third-order valence-corrected chi connectivity index (χ3v) is 2.54. The predicted molar refractivity (Wildman–Crippen MR) is 56.1 cm³/mol. The molecule has 0 aliphatic heterocycles. The Bertz CT molecular complexity index is 355. The average molecular weight is 209 g/mol. The molecule has 0 spiro atoms. The Hall–Kier alpha value is -0.905. The summed E-state index contributed by atoms with van der Waals surface area (Å²) in [4.78, 5) is 0. The zero-order valence-corrected chi connectivity index (χ0v) is 8.28. The second-order valence-electron chi connectivity index (χ2n) is 3.87.